The van der Waals surface area contributed by atoms with Gasteiger partial charge in [-0.1, -0.05) is 13.8 Å². The molecule has 0 aromatic rings. The maximum atomic E-state index is 9.48. The summed E-state index contributed by atoms with van der Waals surface area (Å²) < 4.78 is 0. The Hall–Kier alpha value is -0.450. The van der Waals surface area contributed by atoms with E-state index in [1.807, 2.05) is 13.8 Å². The van der Waals surface area contributed by atoms with Gasteiger partial charge in [0, 0.05) is 11.8 Å². The molecule has 0 saturated heterocycles. The number of hydrogen-bond acceptors (Lipinski definition) is 4. The van der Waals surface area contributed by atoms with Crippen LogP contribution in [0.1, 0.15) is 20.3 Å². The number of aliphatic hydroxyl groups excluding tert-OH is 1. The van der Waals surface area contributed by atoms with Crippen molar-refractivity contribution < 1.29 is 5.11 Å². The molecule has 0 bridgehead atoms. The fraction of sp³-hybridized carbons (Fsp3) is 0.875. The van der Waals surface area contributed by atoms with Crippen molar-refractivity contribution in [3.8, 4) is 0 Å². The van der Waals surface area contributed by atoms with E-state index in [2.05, 4.69) is 0 Å². The summed E-state index contributed by atoms with van der Waals surface area (Å²) in [6.45, 7) is 4.17. The summed E-state index contributed by atoms with van der Waals surface area (Å²) in [6.07, 6.45) is -0.287. The molecule has 0 aliphatic rings. The summed E-state index contributed by atoms with van der Waals surface area (Å²) in [4.78, 5) is 0. The van der Waals surface area contributed by atoms with Gasteiger partial charge >= 0.3 is 0 Å². The molecule has 4 heteroatoms. The Kier molecular flexibility index (Phi) is 5.04. The lowest BCUT2D eigenvalue weighted by Crippen LogP contribution is -2.43. The van der Waals surface area contributed by atoms with E-state index in [9.17, 15) is 5.11 Å². The van der Waals surface area contributed by atoms with Gasteiger partial charge in [-0.15, -0.1) is 0 Å². The van der Waals surface area contributed by atoms with Crippen molar-refractivity contribution in [1.29, 1.82) is 5.41 Å². The Labute approximate surface area is 73.5 Å². The molecule has 0 aliphatic heterocycles. The van der Waals surface area contributed by atoms with Crippen LogP contribution in [0.15, 0.2) is 0 Å². The zero-order chi connectivity index (χ0) is 9.72. The highest BCUT2D eigenvalue weighted by Gasteiger charge is 2.20. The van der Waals surface area contributed by atoms with Gasteiger partial charge in [0.05, 0.1) is 0 Å². The molecule has 0 heterocycles. The van der Waals surface area contributed by atoms with Gasteiger partial charge in [-0.25, -0.2) is 0 Å². The molecule has 0 aromatic heterocycles. The van der Waals surface area contributed by atoms with Crippen LogP contribution in [0.25, 0.3) is 0 Å². The van der Waals surface area contributed by atoms with E-state index in [0.717, 1.165) is 0 Å². The lowest BCUT2D eigenvalue weighted by atomic mass is 9.96. The average Bonchev–Trinajstić information content (AvgIpc) is 2.02. The zero-order valence-corrected chi connectivity index (χ0v) is 7.75. The van der Waals surface area contributed by atoms with E-state index in [1.54, 1.807) is 0 Å². The first kappa shape index (κ1) is 11.6. The molecule has 0 rings (SSSR count). The smallest absolute Gasteiger partial charge is 0.107 e. The maximum absolute atomic E-state index is 9.48. The lowest BCUT2D eigenvalue weighted by molar-refractivity contribution is 0.199. The van der Waals surface area contributed by atoms with Crippen molar-refractivity contribution in [3.05, 3.63) is 0 Å². The topological polar surface area (TPSA) is 96.1 Å². The Morgan fingerprint density at radius 2 is 2.00 bits per heavy atom. The second kappa shape index (κ2) is 5.24. The van der Waals surface area contributed by atoms with Crippen molar-refractivity contribution in [2.75, 3.05) is 6.54 Å². The molecule has 72 valence electrons. The van der Waals surface area contributed by atoms with Crippen LogP contribution in [-0.4, -0.2) is 29.5 Å². The van der Waals surface area contributed by atoms with E-state index < -0.39 is 12.1 Å². The summed E-state index contributed by atoms with van der Waals surface area (Å²) in [6, 6.07) is -0.398. The monoisotopic (exact) mass is 173 g/mol. The van der Waals surface area contributed by atoms with Crippen molar-refractivity contribution in [1.82, 2.24) is 0 Å². The van der Waals surface area contributed by atoms with Gasteiger partial charge in [0.2, 0.25) is 0 Å². The predicted molar refractivity (Wildman–Crippen MR) is 50.2 cm³/mol. The van der Waals surface area contributed by atoms with Crippen molar-refractivity contribution in [3.63, 3.8) is 0 Å². The molecular formula is C8H19N3O. The molecule has 12 heavy (non-hydrogen) atoms. The van der Waals surface area contributed by atoms with Crippen molar-refractivity contribution in [2.24, 2.45) is 17.4 Å². The quantitative estimate of drug-likeness (QED) is 0.430. The number of aliphatic hydroxyl groups is 1. The molecule has 0 saturated carbocycles. The van der Waals surface area contributed by atoms with Gasteiger partial charge in [0.1, 0.15) is 6.10 Å². The number of rotatable bonds is 5. The van der Waals surface area contributed by atoms with Crippen LogP contribution in [0.5, 0.6) is 0 Å². The summed E-state index contributed by atoms with van der Waals surface area (Å²) in [7, 11) is 0. The summed E-state index contributed by atoms with van der Waals surface area (Å²) in [5, 5.41) is 17.0. The number of hydrogen-bond donors (Lipinski definition) is 4. The second-order valence-corrected chi connectivity index (χ2v) is 3.30. The molecule has 4 nitrogen and oxygen atoms in total. The van der Waals surface area contributed by atoms with Crippen LogP contribution in [-0.2, 0) is 0 Å². The van der Waals surface area contributed by atoms with Crippen LogP contribution in [0.4, 0.5) is 0 Å². The fourth-order valence-electron chi connectivity index (χ4n) is 0.922. The minimum Gasteiger partial charge on any atom is -0.386 e. The normalized spacial score (nSPS) is 16.2. The van der Waals surface area contributed by atoms with Crippen molar-refractivity contribution in [2.45, 2.75) is 32.4 Å². The van der Waals surface area contributed by atoms with Crippen molar-refractivity contribution >= 4 is 5.71 Å². The third kappa shape index (κ3) is 3.30. The summed E-state index contributed by atoms with van der Waals surface area (Å²) in [5.41, 5.74) is 11.2. The average molecular weight is 173 g/mol. The van der Waals surface area contributed by atoms with Gasteiger partial charge in [-0.2, -0.15) is 0 Å². The van der Waals surface area contributed by atoms with Crippen LogP contribution >= 0.6 is 0 Å². The molecule has 6 N–H and O–H groups in total. The highest BCUT2D eigenvalue weighted by atomic mass is 16.3. The number of nitrogens with two attached hydrogens (primary N) is 2. The van der Waals surface area contributed by atoms with Crippen LogP contribution < -0.4 is 11.5 Å². The third-order valence-electron chi connectivity index (χ3n) is 1.85. The molecule has 0 fully saturated rings. The molecule has 1 unspecified atom stereocenters. The van der Waals surface area contributed by atoms with Crippen LogP contribution in [0, 0.1) is 11.3 Å². The SMILES string of the molecule is CC(C)C(=N)[C@@H](O)C(N)CCN. The van der Waals surface area contributed by atoms with Gasteiger partial charge in [0.25, 0.3) is 0 Å². The molecule has 0 spiro atoms. The van der Waals surface area contributed by atoms with Gasteiger partial charge < -0.3 is 22.0 Å². The molecule has 2 atom stereocenters. The zero-order valence-electron chi connectivity index (χ0n) is 7.75. The van der Waals surface area contributed by atoms with Gasteiger partial charge in [0.15, 0.2) is 0 Å². The molecular weight excluding hydrogens is 154 g/mol. The number of nitrogens with one attached hydrogen (secondary N) is 1. The Morgan fingerprint density at radius 1 is 1.50 bits per heavy atom. The van der Waals surface area contributed by atoms with Gasteiger partial charge in [-0.05, 0) is 18.9 Å². The highest BCUT2D eigenvalue weighted by molar-refractivity contribution is 5.87. The summed E-state index contributed by atoms with van der Waals surface area (Å²) in [5.74, 6) is 0.0452. The Morgan fingerprint density at radius 3 is 2.33 bits per heavy atom. The molecule has 0 amide bonds. The molecule has 0 aromatic carbocycles. The predicted octanol–water partition coefficient (Wildman–Crippen LogP) is -0.301. The first-order chi connectivity index (χ1) is 5.50. The van der Waals surface area contributed by atoms with Gasteiger partial charge in [-0.3, -0.25) is 0 Å². The third-order valence-corrected chi connectivity index (χ3v) is 1.85. The van der Waals surface area contributed by atoms with E-state index >= 15 is 0 Å². The highest BCUT2D eigenvalue weighted by Crippen LogP contribution is 2.04. The first-order valence-corrected chi connectivity index (χ1v) is 4.22. The van der Waals surface area contributed by atoms with E-state index in [1.165, 1.54) is 0 Å². The second-order valence-electron chi connectivity index (χ2n) is 3.30. The largest absolute Gasteiger partial charge is 0.386 e. The maximum Gasteiger partial charge on any atom is 0.107 e. The molecule has 0 aliphatic carbocycles. The molecule has 0 radical (unpaired) electrons. The van der Waals surface area contributed by atoms with E-state index in [4.69, 9.17) is 16.9 Å². The Bertz CT molecular complexity index is 147. The summed E-state index contributed by atoms with van der Waals surface area (Å²) >= 11 is 0. The Balaban J connectivity index is 4.00. The van der Waals surface area contributed by atoms with E-state index in [-0.39, 0.29) is 11.6 Å². The fourth-order valence-corrected chi connectivity index (χ4v) is 0.922. The lowest BCUT2D eigenvalue weighted by Gasteiger charge is -2.20. The standard InChI is InChI=1S/C8H19N3O/c1-5(2)7(11)8(12)6(10)3-4-9/h5-6,8,11-12H,3-4,9-10H2,1-2H3/t6?,8-/m0/s1. The minimum atomic E-state index is -0.839. The van der Waals surface area contributed by atoms with E-state index in [0.29, 0.717) is 13.0 Å². The van der Waals surface area contributed by atoms with Crippen LogP contribution in [0.3, 0.4) is 0 Å². The first-order valence-electron chi connectivity index (χ1n) is 4.22. The minimum absolute atomic E-state index is 0.0452. The van der Waals surface area contributed by atoms with Crippen LogP contribution in [0.2, 0.25) is 0 Å².